The molecule has 1 heterocycles. The first kappa shape index (κ1) is 17.4. The summed E-state index contributed by atoms with van der Waals surface area (Å²) in [7, 11) is 0. The Hall–Kier alpha value is -3.04. The highest BCUT2D eigenvalue weighted by Crippen LogP contribution is 2.26. The highest BCUT2D eigenvalue weighted by atomic mass is 35.5. The molecule has 0 spiro atoms. The lowest BCUT2D eigenvalue weighted by atomic mass is 10.1. The number of anilines is 1. The molecule has 0 saturated heterocycles. The molecule has 0 aliphatic rings. The number of aryl methyl sites for hydroxylation is 2. The fourth-order valence-corrected chi connectivity index (χ4v) is 3.23. The molecule has 0 amide bonds. The second-order valence-corrected chi connectivity index (χ2v) is 6.99. The summed E-state index contributed by atoms with van der Waals surface area (Å²) < 4.78 is 6.24. The minimum Gasteiger partial charge on any atom is -0.456 e. The number of nitrogens with one attached hydrogen (secondary N) is 1. The fraction of sp³-hybridized carbons (Fsp3) is 0.0870. The van der Waals surface area contributed by atoms with E-state index < -0.39 is 0 Å². The summed E-state index contributed by atoms with van der Waals surface area (Å²) in [5.74, 6) is 0.750. The lowest BCUT2D eigenvalue weighted by Crippen LogP contribution is -2.08. The van der Waals surface area contributed by atoms with E-state index in [4.69, 9.17) is 16.0 Å². The second kappa shape index (κ2) is 7.29. The van der Waals surface area contributed by atoms with Gasteiger partial charge in [-0.3, -0.25) is 5.43 Å². The zero-order chi connectivity index (χ0) is 18.8. The quantitative estimate of drug-likeness (QED) is 0.427. The molecule has 0 saturated carbocycles. The van der Waals surface area contributed by atoms with Gasteiger partial charge in [0.05, 0.1) is 11.0 Å². The molecule has 0 aliphatic heterocycles. The van der Waals surface area contributed by atoms with Crippen LogP contribution in [-0.2, 0) is 0 Å². The molecule has 1 aromatic heterocycles. The van der Waals surface area contributed by atoms with Crippen LogP contribution < -0.4 is 10.8 Å². The molecule has 134 valence electrons. The summed E-state index contributed by atoms with van der Waals surface area (Å²) in [6.45, 7) is 4.13. The van der Waals surface area contributed by atoms with Crippen molar-refractivity contribution in [3.63, 3.8) is 0 Å². The molecule has 0 fully saturated rings. The SMILES string of the molecule is Cc1cc(C)c2oc(-c3ccc(Cl)cc3)c/c(=N/Nc3ccccc3)c2c1. The topological polar surface area (TPSA) is 37.5 Å². The fourth-order valence-electron chi connectivity index (χ4n) is 3.11. The van der Waals surface area contributed by atoms with Gasteiger partial charge in [-0.05, 0) is 67.4 Å². The van der Waals surface area contributed by atoms with E-state index >= 15 is 0 Å². The Bertz CT molecular complexity index is 1160. The molecule has 0 unspecified atom stereocenters. The average Bonchev–Trinajstić information content (AvgIpc) is 2.68. The number of hydrogen-bond acceptors (Lipinski definition) is 3. The summed E-state index contributed by atoms with van der Waals surface area (Å²) in [4.78, 5) is 0. The Balaban J connectivity index is 1.93. The highest BCUT2D eigenvalue weighted by molar-refractivity contribution is 6.30. The van der Waals surface area contributed by atoms with Crippen LogP contribution >= 0.6 is 11.6 Å². The van der Waals surface area contributed by atoms with Crippen LogP contribution in [0.15, 0.2) is 82.3 Å². The monoisotopic (exact) mass is 374 g/mol. The van der Waals surface area contributed by atoms with Crippen LogP contribution in [0.5, 0.6) is 0 Å². The predicted molar refractivity (Wildman–Crippen MR) is 112 cm³/mol. The van der Waals surface area contributed by atoms with Gasteiger partial charge in [-0.2, -0.15) is 5.10 Å². The van der Waals surface area contributed by atoms with Gasteiger partial charge in [0.1, 0.15) is 11.3 Å². The van der Waals surface area contributed by atoms with Crippen LogP contribution in [0.3, 0.4) is 0 Å². The molecule has 0 radical (unpaired) electrons. The summed E-state index contributed by atoms with van der Waals surface area (Å²) >= 11 is 6.03. The number of halogens is 1. The number of rotatable bonds is 3. The number of hydrogen-bond donors (Lipinski definition) is 1. The van der Waals surface area contributed by atoms with Gasteiger partial charge >= 0.3 is 0 Å². The van der Waals surface area contributed by atoms with E-state index in [1.54, 1.807) is 0 Å². The molecule has 0 aliphatic carbocycles. The van der Waals surface area contributed by atoms with Crippen molar-refractivity contribution in [3.8, 4) is 11.3 Å². The molecule has 3 nitrogen and oxygen atoms in total. The zero-order valence-electron chi connectivity index (χ0n) is 15.2. The van der Waals surface area contributed by atoms with Crippen molar-refractivity contribution in [1.82, 2.24) is 0 Å². The third-order valence-electron chi connectivity index (χ3n) is 4.38. The minimum absolute atomic E-state index is 0.696. The molecule has 0 bridgehead atoms. The van der Waals surface area contributed by atoms with Gasteiger partial charge in [-0.25, -0.2) is 0 Å². The van der Waals surface area contributed by atoms with E-state index in [1.165, 1.54) is 5.56 Å². The van der Waals surface area contributed by atoms with Gasteiger partial charge < -0.3 is 4.42 Å². The molecule has 1 N–H and O–H groups in total. The van der Waals surface area contributed by atoms with Crippen molar-refractivity contribution in [3.05, 3.63) is 94.3 Å². The van der Waals surface area contributed by atoms with E-state index in [0.717, 1.165) is 38.9 Å². The maximum Gasteiger partial charge on any atom is 0.139 e. The van der Waals surface area contributed by atoms with E-state index in [9.17, 15) is 0 Å². The molecule has 4 rings (SSSR count). The van der Waals surface area contributed by atoms with E-state index in [1.807, 2.05) is 60.7 Å². The van der Waals surface area contributed by atoms with Crippen molar-refractivity contribution >= 4 is 28.3 Å². The first-order valence-corrected chi connectivity index (χ1v) is 9.14. The van der Waals surface area contributed by atoms with Crippen molar-refractivity contribution in [2.75, 3.05) is 5.43 Å². The van der Waals surface area contributed by atoms with Crippen LogP contribution in [0.25, 0.3) is 22.3 Å². The molecule has 27 heavy (non-hydrogen) atoms. The molecule has 4 heteroatoms. The van der Waals surface area contributed by atoms with Crippen molar-refractivity contribution < 1.29 is 4.42 Å². The standard InChI is InChI=1S/C23H19ClN2O/c1-15-12-16(2)23-20(13-15)21(26-25-19-6-4-3-5-7-19)14-22(27-23)17-8-10-18(24)11-9-17/h3-14,25H,1-2H3/b26-21-. The molecule has 0 atom stereocenters. The second-order valence-electron chi connectivity index (χ2n) is 6.55. The summed E-state index contributed by atoms with van der Waals surface area (Å²) in [5.41, 5.74) is 8.12. The lowest BCUT2D eigenvalue weighted by Gasteiger charge is -2.09. The van der Waals surface area contributed by atoms with Gasteiger partial charge in [0.25, 0.3) is 0 Å². The van der Waals surface area contributed by atoms with Crippen molar-refractivity contribution in [1.29, 1.82) is 0 Å². The predicted octanol–water partition coefficient (Wildman–Crippen LogP) is 6.30. The van der Waals surface area contributed by atoms with Crippen molar-refractivity contribution in [2.45, 2.75) is 13.8 Å². The minimum atomic E-state index is 0.696. The van der Waals surface area contributed by atoms with Crippen LogP contribution in [0.4, 0.5) is 5.69 Å². The zero-order valence-corrected chi connectivity index (χ0v) is 15.9. The van der Waals surface area contributed by atoms with E-state index in [2.05, 4.69) is 36.5 Å². The Labute approximate surface area is 162 Å². The summed E-state index contributed by atoms with van der Waals surface area (Å²) in [6, 6.07) is 23.7. The molecule has 3 aromatic carbocycles. The molecule has 4 aromatic rings. The number of nitrogens with zero attached hydrogens (tertiary/aromatic N) is 1. The molecular formula is C23H19ClN2O. The normalized spacial score (nSPS) is 11.7. The Morgan fingerprint density at radius 2 is 1.63 bits per heavy atom. The van der Waals surface area contributed by atoms with Gasteiger partial charge in [0, 0.05) is 22.0 Å². The summed E-state index contributed by atoms with van der Waals surface area (Å²) in [5, 5.41) is 7.16. The number of para-hydroxylation sites is 1. The maximum atomic E-state index is 6.24. The first-order valence-electron chi connectivity index (χ1n) is 8.76. The third-order valence-corrected chi connectivity index (χ3v) is 4.63. The lowest BCUT2D eigenvalue weighted by molar-refractivity contribution is 0.615. The highest BCUT2D eigenvalue weighted by Gasteiger charge is 2.09. The van der Waals surface area contributed by atoms with Gasteiger partial charge in [-0.15, -0.1) is 0 Å². The number of fused-ring (bicyclic) bond motifs is 1. The average molecular weight is 375 g/mol. The van der Waals surface area contributed by atoms with Crippen LogP contribution in [0, 0.1) is 13.8 Å². The van der Waals surface area contributed by atoms with Crippen LogP contribution in [0.1, 0.15) is 11.1 Å². The van der Waals surface area contributed by atoms with Crippen molar-refractivity contribution in [2.24, 2.45) is 5.10 Å². The largest absolute Gasteiger partial charge is 0.456 e. The first-order chi connectivity index (χ1) is 13.1. The van der Waals surface area contributed by atoms with Crippen LogP contribution in [0.2, 0.25) is 5.02 Å². The van der Waals surface area contributed by atoms with Gasteiger partial charge in [0.2, 0.25) is 0 Å². The van der Waals surface area contributed by atoms with E-state index in [0.29, 0.717) is 5.02 Å². The van der Waals surface area contributed by atoms with Gasteiger partial charge in [-0.1, -0.05) is 35.9 Å². The molecular weight excluding hydrogens is 356 g/mol. The Morgan fingerprint density at radius 3 is 2.37 bits per heavy atom. The Kier molecular flexibility index (Phi) is 4.69. The maximum absolute atomic E-state index is 6.24. The smallest absolute Gasteiger partial charge is 0.139 e. The summed E-state index contributed by atoms with van der Waals surface area (Å²) in [6.07, 6.45) is 0. The third kappa shape index (κ3) is 3.74. The van der Waals surface area contributed by atoms with Gasteiger partial charge in [0.15, 0.2) is 0 Å². The van der Waals surface area contributed by atoms with E-state index in [-0.39, 0.29) is 0 Å². The number of benzene rings is 3. The Morgan fingerprint density at radius 1 is 0.889 bits per heavy atom. The van der Waals surface area contributed by atoms with Crippen LogP contribution in [-0.4, -0.2) is 0 Å².